The number of aliphatic imine (C=N–C) groups is 2. The molecule has 56 heavy (non-hydrogen) atoms. The number of hydrogen-bond acceptors (Lipinski definition) is 3. The maximum absolute atomic E-state index is 5.81. The van der Waals surface area contributed by atoms with Crippen LogP contribution in [-0.4, -0.2) is 35.9 Å². The third kappa shape index (κ3) is 7.77. The van der Waals surface area contributed by atoms with E-state index < -0.39 is 11.1 Å². The summed E-state index contributed by atoms with van der Waals surface area (Å²) in [6.45, 7) is 0. The second-order valence-corrected chi connectivity index (χ2v) is 15.0. The summed E-state index contributed by atoms with van der Waals surface area (Å²) in [5.41, 5.74) is 8.23. The van der Waals surface area contributed by atoms with Crippen LogP contribution in [0.5, 0.6) is 0 Å². The molecule has 0 amide bonds. The maximum Gasteiger partial charge on any atom is 0.310 e. The van der Waals surface area contributed by atoms with Gasteiger partial charge in [0.05, 0.1) is 11.6 Å². The molecule has 2 fully saturated rings. The molecular weight excluding hydrogens is 681 g/mol. The third-order valence-corrected chi connectivity index (χ3v) is 11.6. The first-order valence-corrected chi connectivity index (χ1v) is 20.4. The lowest BCUT2D eigenvalue weighted by molar-refractivity contribution is 0.405. The highest BCUT2D eigenvalue weighted by Gasteiger charge is 2.42. The van der Waals surface area contributed by atoms with Crippen LogP contribution in [0.2, 0.25) is 0 Å². The minimum Gasteiger partial charge on any atom is -0.287 e. The number of benzene rings is 6. The highest BCUT2D eigenvalue weighted by Crippen LogP contribution is 2.42. The summed E-state index contributed by atoms with van der Waals surface area (Å²) in [4.78, 5) is 11.0. The van der Waals surface area contributed by atoms with Gasteiger partial charge in [-0.3, -0.25) is 15.3 Å². The standard InChI is InChI=1S/C52H51N4/c1-7-23-41(24-8-1)51(42-25-9-2-10-26-42,43-27-11-3-12-28-43)55-49-37-21-19-35-47(49)53-39-40-54-48-36-20-22-38-50(48)56-52(44-29-13-4-14-30-44,45-31-15-5-16-32-45)46-33-17-6-18-34-46/h1-18,23-34,39-40,47,50,56H,19-22,35-38H2/q+1/t47?,50-/m1/s1. The van der Waals surface area contributed by atoms with Gasteiger partial charge in [-0.25, -0.2) is 0 Å². The van der Waals surface area contributed by atoms with E-state index in [1.54, 1.807) is 0 Å². The van der Waals surface area contributed by atoms with Crippen molar-refractivity contribution in [1.29, 1.82) is 0 Å². The summed E-state index contributed by atoms with van der Waals surface area (Å²) in [6.07, 6.45) is 12.3. The predicted octanol–water partition coefficient (Wildman–Crippen LogP) is 10.5. The molecule has 2 aliphatic rings. The van der Waals surface area contributed by atoms with E-state index in [9.17, 15) is 0 Å². The molecule has 1 N–H and O–H groups in total. The molecule has 4 nitrogen and oxygen atoms in total. The lowest BCUT2D eigenvalue weighted by Crippen LogP contribution is -2.53. The molecule has 6 aromatic rings. The van der Waals surface area contributed by atoms with Crippen LogP contribution in [0.15, 0.2) is 192 Å². The molecular formula is C52H51N4+. The first-order valence-electron chi connectivity index (χ1n) is 20.4. The number of hydrogen-bond donors (Lipinski definition) is 1. The molecule has 1 unspecified atom stereocenters. The lowest BCUT2D eigenvalue weighted by Gasteiger charge is -2.40. The van der Waals surface area contributed by atoms with Crippen molar-refractivity contribution in [2.75, 3.05) is 0 Å². The average molecular weight is 732 g/mol. The summed E-state index contributed by atoms with van der Waals surface area (Å²) in [7, 11) is 0. The quantitative estimate of drug-likeness (QED) is 0.0805. The van der Waals surface area contributed by atoms with Crippen LogP contribution < -0.4 is 9.98 Å². The van der Waals surface area contributed by atoms with Crippen LogP contribution in [0.25, 0.3) is 0 Å². The van der Waals surface area contributed by atoms with Crippen LogP contribution in [0.4, 0.5) is 0 Å². The van der Waals surface area contributed by atoms with Crippen molar-refractivity contribution < 1.29 is 0 Å². The SMILES string of the molecule is C(C=[N+]=C1CCCC[C@H]1NC(c1ccccc1)(c1ccccc1)c1ccccc1)=NC1CCCCC1=NC(c1ccccc1)(c1ccccc1)c1ccccc1. The second-order valence-electron chi connectivity index (χ2n) is 15.0. The summed E-state index contributed by atoms with van der Waals surface area (Å²) < 4.78 is 5.20. The van der Waals surface area contributed by atoms with Crippen LogP contribution in [0.1, 0.15) is 84.7 Å². The molecule has 0 aliphatic heterocycles. The molecule has 6 aromatic carbocycles. The average Bonchev–Trinajstić information content (AvgIpc) is 3.29. The zero-order valence-electron chi connectivity index (χ0n) is 32.1. The van der Waals surface area contributed by atoms with Crippen LogP contribution >= 0.6 is 0 Å². The molecule has 2 aliphatic carbocycles. The Bertz CT molecular complexity index is 2070. The first kappa shape index (κ1) is 37.0. The van der Waals surface area contributed by atoms with E-state index in [4.69, 9.17) is 14.7 Å². The highest BCUT2D eigenvalue weighted by molar-refractivity contribution is 6.17. The molecule has 0 heterocycles. The van der Waals surface area contributed by atoms with Crippen molar-refractivity contribution >= 4 is 23.9 Å². The summed E-state index contributed by atoms with van der Waals surface area (Å²) in [5.74, 6) is 0. The van der Waals surface area contributed by atoms with Crippen LogP contribution in [0.3, 0.4) is 0 Å². The van der Waals surface area contributed by atoms with E-state index in [-0.39, 0.29) is 12.1 Å². The van der Waals surface area contributed by atoms with Gasteiger partial charge in [-0.2, -0.15) is 0 Å². The van der Waals surface area contributed by atoms with Gasteiger partial charge in [0.25, 0.3) is 5.71 Å². The van der Waals surface area contributed by atoms with Gasteiger partial charge >= 0.3 is 6.21 Å². The summed E-state index contributed by atoms with van der Waals surface area (Å²) in [6, 6.07) is 65.0. The topological polar surface area (TPSA) is 50.9 Å². The Kier molecular flexibility index (Phi) is 11.7. The van der Waals surface area contributed by atoms with E-state index in [0.717, 1.165) is 73.8 Å². The Morgan fingerprint density at radius 1 is 0.482 bits per heavy atom. The Morgan fingerprint density at radius 2 is 0.893 bits per heavy atom. The minimum absolute atomic E-state index is 0.00196. The Morgan fingerprint density at radius 3 is 1.36 bits per heavy atom. The Balaban J connectivity index is 1.16. The number of nitrogens with zero attached hydrogens (tertiary/aromatic N) is 3. The molecule has 4 heteroatoms. The molecule has 2 saturated carbocycles. The smallest absolute Gasteiger partial charge is 0.287 e. The van der Waals surface area contributed by atoms with E-state index in [0.29, 0.717) is 0 Å². The van der Waals surface area contributed by atoms with Crippen molar-refractivity contribution in [3.05, 3.63) is 215 Å². The largest absolute Gasteiger partial charge is 0.310 e. The Labute approximate surface area is 332 Å². The fourth-order valence-corrected chi connectivity index (χ4v) is 8.87. The fourth-order valence-electron chi connectivity index (χ4n) is 8.87. The molecule has 0 aromatic heterocycles. The molecule has 0 radical (unpaired) electrons. The first-order chi connectivity index (χ1) is 27.8. The predicted molar refractivity (Wildman–Crippen MR) is 235 cm³/mol. The van der Waals surface area contributed by atoms with Crippen LogP contribution in [0, 0.1) is 0 Å². The molecule has 0 spiro atoms. The van der Waals surface area contributed by atoms with Crippen molar-refractivity contribution in [1.82, 2.24) is 9.98 Å². The summed E-state index contributed by atoms with van der Waals surface area (Å²) in [5, 5.41) is 4.22. The van der Waals surface area contributed by atoms with Gasteiger partial charge in [-0.15, -0.1) is 0 Å². The van der Waals surface area contributed by atoms with Crippen molar-refractivity contribution in [3.8, 4) is 0 Å². The molecule has 8 rings (SSSR count). The van der Waals surface area contributed by atoms with Gasteiger partial charge in [-0.05, 0) is 65.5 Å². The minimum atomic E-state index is -0.683. The van der Waals surface area contributed by atoms with Crippen molar-refractivity contribution in [3.63, 3.8) is 0 Å². The summed E-state index contributed by atoms with van der Waals surface area (Å²) >= 11 is 0. The van der Waals surface area contributed by atoms with E-state index in [2.05, 4.69) is 187 Å². The van der Waals surface area contributed by atoms with Gasteiger partial charge in [0.15, 0.2) is 0 Å². The van der Waals surface area contributed by atoms with Gasteiger partial charge in [-0.1, -0.05) is 200 Å². The molecule has 278 valence electrons. The van der Waals surface area contributed by atoms with E-state index in [1.165, 1.54) is 22.4 Å². The molecule has 0 bridgehead atoms. The van der Waals surface area contributed by atoms with E-state index in [1.807, 2.05) is 12.4 Å². The molecule has 0 saturated heterocycles. The number of rotatable bonds is 11. The van der Waals surface area contributed by atoms with Gasteiger partial charge in [0.1, 0.15) is 17.8 Å². The highest BCUT2D eigenvalue weighted by atomic mass is 15.0. The zero-order chi connectivity index (χ0) is 37.9. The fraction of sp³-hybridized carbons (Fsp3) is 0.231. The number of nitrogens with one attached hydrogen (secondary N) is 1. The molecule has 2 atom stereocenters. The van der Waals surface area contributed by atoms with Crippen LogP contribution in [-0.2, 0) is 11.1 Å². The van der Waals surface area contributed by atoms with Gasteiger partial charge < -0.3 is 0 Å². The maximum atomic E-state index is 5.81. The Hall–Kier alpha value is -5.93. The van der Waals surface area contributed by atoms with E-state index >= 15 is 0 Å². The van der Waals surface area contributed by atoms with Gasteiger partial charge in [0.2, 0.25) is 0 Å². The van der Waals surface area contributed by atoms with Gasteiger partial charge in [0, 0.05) is 12.1 Å². The normalized spacial score (nSPS) is 18.4. The third-order valence-electron chi connectivity index (χ3n) is 11.6. The van der Waals surface area contributed by atoms with Crippen molar-refractivity contribution in [2.45, 2.75) is 74.5 Å². The van der Waals surface area contributed by atoms with Crippen molar-refractivity contribution in [2.24, 2.45) is 9.98 Å². The monoisotopic (exact) mass is 731 g/mol. The lowest BCUT2D eigenvalue weighted by atomic mass is 9.75. The zero-order valence-corrected chi connectivity index (χ0v) is 32.1. The second kappa shape index (κ2) is 17.7.